The molecule has 1 heterocycles. The molecular formula is C20H14Br2FNO3. The average Bonchev–Trinajstić information content (AvgIpc) is 2.94. The number of aliphatic imine (C=N–C) groups is 1. The van der Waals surface area contributed by atoms with E-state index in [4.69, 9.17) is 9.47 Å². The van der Waals surface area contributed by atoms with Gasteiger partial charge in [0.05, 0.1) is 14.5 Å². The van der Waals surface area contributed by atoms with E-state index >= 15 is 0 Å². The van der Waals surface area contributed by atoms with Crippen molar-refractivity contribution in [2.45, 2.75) is 6.92 Å². The number of hydrogen-bond acceptors (Lipinski definition) is 4. The van der Waals surface area contributed by atoms with E-state index in [9.17, 15) is 9.18 Å². The Labute approximate surface area is 172 Å². The van der Waals surface area contributed by atoms with Crippen molar-refractivity contribution in [1.82, 2.24) is 0 Å². The summed E-state index contributed by atoms with van der Waals surface area (Å²) < 4.78 is 26.1. The summed E-state index contributed by atoms with van der Waals surface area (Å²) >= 11 is 6.91. The smallest absolute Gasteiger partial charge is 0.363 e. The summed E-state index contributed by atoms with van der Waals surface area (Å²) in [4.78, 5) is 16.2. The van der Waals surface area contributed by atoms with Crippen molar-refractivity contribution in [2.24, 2.45) is 4.99 Å². The highest BCUT2D eigenvalue weighted by Crippen LogP contribution is 2.36. The first-order valence-electron chi connectivity index (χ1n) is 7.89. The van der Waals surface area contributed by atoms with E-state index in [-0.39, 0.29) is 17.2 Å². The highest BCUT2D eigenvalue weighted by molar-refractivity contribution is 9.11. The van der Waals surface area contributed by atoms with Crippen LogP contribution >= 0.6 is 31.9 Å². The molecule has 0 saturated carbocycles. The first-order valence-corrected chi connectivity index (χ1v) is 9.47. The third kappa shape index (κ3) is 4.54. The topological polar surface area (TPSA) is 47.9 Å². The van der Waals surface area contributed by atoms with Gasteiger partial charge in [0.2, 0.25) is 5.90 Å². The van der Waals surface area contributed by atoms with Gasteiger partial charge in [-0.1, -0.05) is 18.7 Å². The van der Waals surface area contributed by atoms with Crippen LogP contribution in [0.1, 0.15) is 18.1 Å². The summed E-state index contributed by atoms with van der Waals surface area (Å²) in [6.07, 6.45) is 1.56. The highest BCUT2D eigenvalue weighted by Gasteiger charge is 2.26. The molecule has 1 aliphatic rings. The zero-order valence-corrected chi connectivity index (χ0v) is 17.4. The number of nitrogens with zero attached hydrogens (tertiary/aromatic N) is 1. The second-order valence-electron chi connectivity index (χ2n) is 5.88. The number of hydrogen-bond donors (Lipinski definition) is 0. The number of ether oxygens (including phenoxy) is 2. The van der Waals surface area contributed by atoms with Crippen molar-refractivity contribution in [3.63, 3.8) is 0 Å². The van der Waals surface area contributed by atoms with Crippen molar-refractivity contribution in [3.05, 3.63) is 80.1 Å². The minimum Gasteiger partial charge on any atom is -0.487 e. The van der Waals surface area contributed by atoms with Crippen molar-refractivity contribution in [3.8, 4) is 5.75 Å². The molecule has 4 nitrogen and oxygen atoms in total. The van der Waals surface area contributed by atoms with Gasteiger partial charge in [-0.3, -0.25) is 0 Å². The van der Waals surface area contributed by atoms with Gasteiger partial charge in [-0.15, -0.1) is 0 Å². The molecule has 0 unspecified atom stereocenters. The maximum absolute atomic E-state index is 13.9. The molecule has 2 aromatic rings. The Kier molecular flexibility index (Phi) is 5.92. The third-order valence-corrected chi connectivity index (χ3v) is 4.69. The molecule has 0 fully saturated rings. The Morgan fingerprint density at radius 1 is 1.30 bits per heavy atom. The molecule has 27 heavy (non-hydrogen) atoms. The fourth-order valence-electron chi connectivity index (χ4n) is 2.31. The number of rotatable bonds is 5. The lowest BCUT2D eigenvalue weighted by atomic mass is 10.2. The minimum absolute atomic E-state index is 0.0520. The molecule has 1 aliphatic heterocycles. The van der Waals surface area contributed by atoms with Crippen LogP contribution in [0.4, 0.5) is 4.39 Å². The molecule has 3 rings (SSSR count). The van der Waals surface area contributed by atoms with Crippen molar-refractivity contribution >= 4 is 49.8 Å². The Morgan fingerprint density at radius 2 is 1.96 bits per heavy atom. The SMILES string of the molecule is C=C(C)COc1c(Br)cc(C=C2N=C(c3ccccc3F)OC2=O)cc1Br. The van der Waals surface area contributed by atoms with Crippen LogP contribution in [0, 0.1) is 5.82 Å². The van der Waals surface area contributed by atoms with E-state index in [2.05, 4.69) is 43.4 Å². The fraction of sp³-hybridized carbons (Fsp3) is 0.100. The van der Waals surface area contributed by atoms with Crippen molar-refractivity contribution in [1.29, 1.82) is 0 Å². The van der Waals surface area contributed by atoms with Gasteiger partial charge in [0.25, 0.3) is 0 Å². The van der Waals surface area contributed by atoms with Crippen LogP contribution in [0.5, 0.6) is 5.75 Å². The van der Waals surface area contributed by atoms with Crippen LogP contribution in [-0.2, 0) is 9.53 Å². The number of carbonyl (C=O) groups excluding carboxylic acids is 1. The maximum Gasteiger partial charge on any atom is 0.363 e. The molecule has 0 radical (unpaired) electrons. The normalized spacial score (nSPS) is 14.9. The third-order valence-electron chi connectivity index (χ3n) is 3.51. The van der Waals surface area contributed by atoms with E-state index < -0.39 is 11.8 Å². The number of halogens is 3. The highest BCUT2D eigenvalue weighted by atomic mass is 79.9. The Bertz CT molecular complexity index is 975. The van der Waals surface area contributed by atoms with E-state index in [1.54, 1.807) is 30.3 Å². The predicted molar refractivity (Wildman–Crippen MR) is 109 cm³/mol. The van der Waals surface area contributed by atoms with Crippen LogP contribution in [0.2, 0.25) is 0 Å². The molecular weight excluding hydrogens is 481 g/mol. The summed E-state index contributed by atoms with van der Waals surface area (Å²) in [5.41, 5.74) is 1.81. The molecule has 0 bridgehead atoms. The van der Waals surface area contributed by atoms with Gasteiger partial charge in [0.15, 0.2) is 5.70 Å². The lowest BCUT2D eigenvalue weighted by Crippen LogP contribution is -2.07. The minimum atomic E-state index is -0.636. The predicted octanol–water partition coefficient (Wildman–Crippen LogP) is 5.65. The largest absolute Gasteiger partial charge is 0.487 e. The van der Waals surface area contributed by atoms with Crippen LogP contribution in [0.3, 0.4) is 0 Å². The Balaban J connectivity index is 1.91. The van der Waals surface area contributed by atoms with E-state index in [1.165, 1.54) is 12.1 Å². The molecule has 0 aromatic heterocycles. The number of carbonyl (C=O) groups is 1. The quantitative estimate of drug-likeness (QED) is 0.306. The van der Waals surface area contributed by atoms with Gasteiger partial charge >= 0.3 is 5.97 Å². The average molecular weight is 495 g/mol. The van der Waals surface area contributed by atoms with Gasteiger partial charge < -0.3 is 9.47 Å². The van der Waals surface area contributed by atoms with Crippen molar-refractivity contribution < 1.29 is 18.7 Å². The second kappa shape index (κ2) is 8.19. The summed E-state index contributed by atoms with van der Waals surface area (Å²) in [5, 5.41) is 0. The summed E-state index contributed by atoms with van der Waals surface area (Å²) in [5.74, 6) is -0.563. The molecule has 0 N–H and O–H groups in total. The van der Waals surface area contributed by atoms with Gasteiger partial charge in [-0.2, -0.15) is 0 Å². The summed E-state index contributed by atoms with van der Waals surface area (Å²) in [6, 6.07) is 9.56. The molecule has 138 valence electrons. The van der Waals surface area contributed by atoms with E-state index in [0.717, 1.165) is 5.57 Å². The summed E-state index contributed by atoms with van der Waals surface area (Å²) in [6.45, 7) is 6.07. The van der Waals surface area contributed by atoms with Gasteiger partial charge in [0.1, 0.15) is 18.2 Å². The Hall–Kier alpha value is -2.25. The van der Waals surface area contributed by atoms with Crippen molar-refractivity contribution in [2.75, 3.05) is 6.61 Å². The Morgan fingerprint density at radius 3 is 2.59 bits per heavy atom. The van der Waals surface area contributed by atoms with Gasteiger partial charge in [-0.05, 0) is 80.3 Å². The zero-order valence-electron chi connectivity index (χ0n) is 14.3. The second-order valence-corrected chi connectivity index (χ2v) is 7.58. The first kappa shape index (κ1) is 19.5. The molecule has 0 spiro atoms. The number of benzene rings is 2. The van der Waals surface area contributed by atoms with Crippen LogP contribution in [-0.4, -0.2) is 18.5 Å². The molecule has 2 aromatic carbocycles. The lowest BCUT2D eigenvalue weighted by molar-refractivity contribution is -0.129. The van der Waals surface area contributed by atoms with E-state index in [1.807, 2.05) is 6.92 Å². The van der Waals surface area contributed by atoms with Crippen LogP contribution < -0.4 is 4.74 Å². The fourth-order valence-corrected chi connectivity index (χ4v) is 3.76. The van der Waals surface area contributed by atoms with E-state index in [0.29, 0.717) is 26.9 Å². The molecule has 0 amide bonds. The molecule has 0 atom stereocenters. The monoisotopic (exact) mass is 493 g/mol. The maximum atomic E-state index is 13.9. The summed E-state index contributed by atoms with van der Waals surface area (Å²) in [7, 11) is 0. The number of cyclic esters (lactones) is 1. The zero-order chi connectivity index (χ0) is 19.6. The first-order chi connectivity index (χ1) is 12.8. The number of esters is 1. The molecule has 0 aliphatic carbocycles. The lowest BCUT2D eigenvalue weighted by Gasteiger charge is -2.11. The van der Waals surface area contributed by atoms with Gasteiger partial charge in [-0.25, -0.2) is 14.2 Å². The molecule has 0 saturated heterocycles. The van der Waals surface area contributed by atoms with Crippen LogP contribution in [0.25, 0.3) is 6.08 Å². The van der Waals surface area contributed by atoms with Gasteiger partial charge in [0, 0.05) is 0 Å². The molecule has 7 heteroatoms. The van der Waals surface area contributed by atoms with Crippen LogP contribution in [0.15, 0.2) is 68.2 Å². The standard InChI is InChI=1S/C20H14Br2FNO3/c1-11(2)10-26-18-14(21)7-12(8-15(18)22)9-17-20(25)27-19(24-17)13-5-3-4-6-16(13)23/h3-9H,1,10H2,2H3.